The first-order valence-corrected chi connectivity index (χ1v) is 15.7. The maximum atomic E-state index is 13.3. The van der Waals surface area contributed by atoms with Crippen molar-refractivity contribution in [3.05, 3.63) is 40.1 Å². The number of H-pyrrole nitrogens is 1. The number of anilines is 1. The summed E-state index contributed by atoms with van der Waals surface area (Å²) in [6, 6.07) is 3.80. The lowest BCUT2D eigenvalue weighted by Gasteiger charge is -2.45. The first-order valence-electron chi connectivity index (χ1n) is 15.3. The van der Waals surface area contributed by atoms with E-state index in [1.165, 1.54) is 12.8 Å². The predicted molar refractivity (Wildman–Crippen MR) is 166 cm³/mol. The molecule has 0 spiro atoms. The molecule has 1 N–H and O–H groups in total. The first-order chi connectivity index (χ1) is 20.7. The summed E-state index contributed by atoms with van der Waals surface area (Å²) in [7, 11) is 1.90. The number of carbonyl (C=O) groups is 1. The third-order valence-corrected chi connectivity index (χ3v) is 9.53. The van der Waals surface area contributed by atoms with Crippen LogP contribution in [-0.2, 0) is 11.3 Å². The maximum absolute atomic E-state index is 13.3. The van der Waals surface area contributed by atoms with Gasteiger partial charge in [-0.1, -0.05) is 56.3 Å². The fourth-order valence-electron chi connectivity index (χ4n) is 6.66. The molecule has 5 heterocycles. The quantitative estimate of drug-likeness (QED) is 0.277. The Labute approximate surface area is 255 Å². The predicted octanol–water partition coefficient (Wildman–Crippen LogP) is 5.54. The highest BCUT2D eigenvalue weighted by atomic mass is 35.5. The van der Waals surface area contributed by atoms with Crippen LogP contribution >= 0.6 is 11.6 Å². The topological polar surface area (TPSA) is 126 Å². The largest absolute Gasteiger partial charge is 0.439 e. The molecule has 1 saturated carbocycles. The number of likely N-dealkylation sites (N-methyl/N-ethyl adjacent to an activating group) is 1. The van der Waals surface area contributed by atoms with Crippen LogP contribution in [0.1, 0.15) is 65.7 Å². The van der Waals surface area contributed by atoms with Gasteiger partial charge in [0.25, 0.3) is 0 Å². The van der Waals surface area contributed by atoms with Crippen molar-refractivity contribution >= 4 is 34.5 Å². The zero-order valence-corrected chi connectivity index (χ0v) is 26.0. The number of nitrogens with zero attached hydrogens (tertiary/aromatic N) is 7. The highest BCUT2D eigenvalue weighted by Crippen LogP contribution is 2.38. The normalized spacial score (nSPS) is 23.0. The molecule has 2 fully saturated rings. The molecule has 2 aliphatic rings. The molecule has 2 unspecified atom stereocenters. The van der Waals surface area contributed by atoms with Crippen molar-refractivity contribution in [1.82, 2.24) is 34.6 Å². The van der Waals surface area contributed by atoms with E-state index in [4.69, 9.17) is 26.1 Å². The van der Waals surface area contributed by atoms with Crippen LogP contribution in [-0.4, -0.2) is 66.1 Å². The summed E-state index contributed by atoms with van der Waals surface area (Å²) in [5.74, 6) is 1.59. The summed E-state index contributed by atoms with van der Waals surface area (Å²) in [5.41, 5.74) is 3.31. The van der Waals surface area contributed by atoms with Crippen LogP contribution in [0.2, 0.25) is 5.02 Å². The van der Waals surface area contributed by atoms with E-state index in [-0.39, 0.29) is 30.4 Å². The first kappa shape index (κ1) is 29.3. The van der Waals surface area contributed by atoms with Gasteiger partial charge >= 0.3 is 5.76 Å². The van der Waals surface area contributed by atoms with E-state index in [2.05, 4.69) is 45.4 Å². The Morgan fingerprint density at radius 1 is 1.09 bits per heavy atom. The fraction of sp³-hybridized carbons (Fsp3) is 0.548. The minimum atomic E-state index is -0.663. The molecule has 1 amide bonds. The van der Waals surface area contributed by atoms with Crippen LogP contribution in [0.15, 0.2) is 33.8 Å². The molecular formula is C31H39ClN8O3. The van der Waals surface area contributed by atoms with Crippen molar-refractivity contribution in [1.29, 1.82) is 0 Å². The number of imidazole rings is 1. The van der Waals surface area contributed by atoms with E-state index < -0.39 is 5.76 Å². The highest BCUT2D eigenvalue weighted by molar-refractivity contribution is 6.30. The van der Waals surface area contributed by atoms with Crippen LogP contribution in [0.25, 0.3) is 33.8 Å². The molecule has 228 valence electrons. The highest BCUT2D eigenvalue weighted by Gasteiger charge is 2.39. The molecule has 4 aromatic heterocycles. The Morgan fingerprint density at radius 3 is 2.58 bits per heavy atom. The van der Waals surface area contributed by atoms with Crippen LogP contribution < -0.4 is 10.7 Å². The Hall–Kier alpha value is -3.73. The Balaban J connectivity index is 1.59. The van der Waals surface area contributed by atoms with Crippen molar-refractivity contribution in [2.24, 2.45) is 11.8 Å². The van der Waals surface area contributed by atoms with Gasteiger partial charge in [-0.15, -0.1) is 0 Å². The second-order valence-corrected chi connectivity index (χ2v) is 12.7. The number of unbranched alkanes of at least 4 members (excludes halogenated alkanes) is 1. The molecule has 1 saturated heterocycles. The van der Waals surface area contributed by atoms with E-state index >= 15 is 0 Å². The second kappa shape index (κ2) is 12.1. The average Bonchev–Trinajstić information content (AvgIpc) is 3.59. The smallest absolute Gasteiger partial charge is 0.339 e. The van der Waals surface area contributed by atoms with Gasteiger partial charge in [-0.3, -0.25) is 19.3 Å². The molecule has 2 atom stereocenters. The van der Waals surface area contributed by atoms with E-state index in [1.54, 1.807) is 12.4 Å². The molecule has 0 bridgehead atoms. The third kappa shape index (κ3) is 5.79. The number of fused-ring (bicyclic) bond motifs is 1. The van der Waals surface area contributed by atoms with Crippen LogP contribution in [0.3, 0.4) is 0 Å². The van der Waals surface area contributed by atoms with Crippen LogP contribution in [0.4, 0.5) is 5.95 Å². The van der Waals surface area contributed by atoms with Gasteiger partial charge in [-0.2, -0.15) is 0 Å². The average molecular weight is 607 g/mol. The Kier molecular flexibility index (Phi) is 8.26. The molecule has 0 aromatic carbocycles. The molecule has 1 aliphatic carbocycles. The van der Waals surface area contributed by atoms with Crippen molar-refractivity contribution in [3.8, 4) is 22.8 Å². The number of carbonyl (C=O) groups excluding carboxylic acids is 1. The van der Waals surface area contributed by atoms with Gasteiger partial charge in [0.1, 0.15) is 12.2 Å². The summed E-state index contributed by atoms with van der Waals surface area (Å²) >= 11 is 6.42. The SMILES string of the molecule is CCCCC1C(C)N(C)C(=O)CN1c1nc2cc(-c3noc(=O)[nH]3)nc(-c3cncc(Cl)c3)c2n1CC1CCC(C)CC1. The van der Waals surface area contributed by atoms with E-state index in [1.807, 2.05) is 24.1 Å². The number of hydrogen-bond donors (Lipinski definition) is 1. The van der Waals surface area contributed by atoms with Crippen molar-refractivity contribution in [3.63, 3.8) is 0 Å². The number of amides is 1. The van der Waals surface area contributed by atoms with Gasteiger partial charge < -0.3 is 14.4 Å². The fourth-order valence-corrected chi connectivity index (χ4v) is 6.83. The summed E-state index contributed by atoms with van der Waals surface area (Å²) < 4.78 is 7.08. The zero-order chi connectivity index (χ0) is 30.2. The molecule has 43 heavy (non-hydrogen) atoms. The summed E-state index contributed by atoms with van der Waals surface area (Å²) in [4.78, 5) is 46.4. The molecule has 1 aliphatic heterocycles. The van der Waals surface area contributed by atoms with E-state index in [0.29, 0.717) is 27.8 Å². The number of aromatic amines is 1. The molecule has 12 heteroatoms. The number of pyridine rings is 2. The Morgan fingerprint density at radius 2 is 1.88 bits per heavy atom. The van der Waals surface area contributed by atoms with Gasteiger partial charge in [0.15, 0.2) is 0 Å². The molecule has 11 nitrogen and oxygen atoms in total. The van der Waals surface area contributed by atoms with E-state index in [0.717, 1.165) is 61.6 Å². The van der Waals surface area contributed by atoms with Gasteiger partial charge in [-0.05, 0) is 50.2 Å². The third-order valence-electron chi connectivity index (χ3n) is 9.32. The Bertz CT molecular complexity index is 1670. The molecule has 0 radical (unpaired) electrons. The summed E-state index contributed by atoms with van der Waals surface area (Å²) in [5, 5.41) is 4.38. The minimum Gasteiger partial charge on any atom is -0.339 e. The monoisotopic (exact) mass is 606 g/mol. The maximum Gasteiger partial charge on any atom is 0.439 e. The zero-order valence-electron chi connectivity index (χ0n) is 25.2. The number of piperazine rings is 1. The second-order valence-electron chi connectivity index (χ2n) is 12.3. The van der Waals surface area contributed by atoms with Crippen LogP contribution in [0.5, 0.6) is 0 Å². The molecular weight excluding hydrogens is 568 g/mol. The van der Waals surface area contributed by atoms with E-state index in [9.17, 15) is 9.59 Å². The lowest BCUT2D eigenvalue weighted by atomic mass is 9.83. The van der Waals surface area contributed by atoms with Crippen molar-refractivity contribution in [2.45, 2.75) is 84.3 Å². The summed E-state index contributed by atoms with van der Waals surface area (Å²) in [6.45, 7) is 7.66. The number of hydrogen-bond acceptors (Lipinski definition) is 8. The molecule has 6 rings (SSSR count). The van der Waals surface area contributed by atoms with Crippen molar-refractivity contribution < 1.29 is 9.32 Å². The van der Waals surface area contributed by atoms with Gasteiger partial charge in [0, 0.05) is 37.6 Å². The standard InChI is InChI=1S/C31H39ClN8O3/c1-5-6-7-25-19(3)38(4)26(41)17-39(25)30-35-23-13-24(29-36-31(42)43-37-29)34-27(21-12-22(32)15-33-14-21)28(23)40(30)16-20-10-8-18(2)9-11-20/h12-15,18-20,25H,5-11,16-17H2,1-4H3,(H,36,37,42). The number of aromatic nitrogens is 6. The summed E-state index contributed by atoms with van der Waals surface area (Å²) in [6.07, 6.45) is 11.1. The van der Waals surface area contributed by atoms with Gasteiger partial charge in [-0.25, -0.2) is 14.8 Å². The lowest BCUT2D eigenvalue weighted by Crippen LogP contribution is -2.60. The number of nitrogens with one attached hydrogen (secondary N) is 1. The van der Waals surface area contributed by atoms with Crippen LogP contribution in [0, 0.1) is 11.8 Å². The van der Waals surface area contributed by atoms with Gasteiger partial charge in [0.2, 0.25) is 17.7 Å². The van der Waals surface area contributed by atoms with Gasteiger partial charge in [0.05, 0.1) is 27.8 Å². The van der Waals surface area contributed by atoms with Crippen molar-refractivity contribution in [2.75, 3.05) is 18.5 Å². The minimum absolute atomic E-state index is 0.0297. The lowest BCUT2D eigenvalue weighted by molar-refractivity contribution is -0.132. The number of rotatable bonds is 8. The number of halogens is 1. The molecule has 4 aromatic rings.